The lowest BCUT2D eigenvalue weighted by Gasteiger charge is -2.25. The summed E-state index contributed by atoms with van der Waals surface area (Å²) < 4.78 is 10.6. The van der Waals surface area contributed by atoms with Crippen molar-refractivity contribution in [2.75, 3.05) is 20.8 Å². The lowest BCUT2D eigenvalue weighted by molar-refractivity contribution is 0.197. The van der Waals surface area contributed by atoms with Crippen LogP contribution in [-0.2, 0) is 6.54 Å². The van der Waals surface area contributed by atoms with E-state index in [9.17, 15) is 5.11 Å². The van der Waals surface area contributed by atoms with Gasteiger partial charge in [0.15, 0.2) is 0 Å². The van der Waals surface area contributed by atoms with Crippen molar-refractivity contribution >= 4 is 0 Å². The van der Waals surface area contributed by atoms with Crippen molar-refractivity contribution in [1.82, 2.24) is 5.32 Å². The van der Waals surface area contributed by atoms with Gasteiger partial charge in [0.1, 0.15) is 11.5 Å². The van der Waals surface area contributed by atoms with Crippen molar-refractivity contribution in [2.45, 2.75) is 39.8 Å². The highest BCUT2D eigenvalue weighted by molar-refractivity contribution is 5.40. The molecule has 0 aromatic heterocycles. The summed E-state index contributed by atoms with van der Waals surface area (Å²) in [7, 11) is 3.30. The molecule has 0 aliphatic rings. The van der Waals surface area contributed by atoms with E-state index in [4.69, 9.17) is 9.47 Å². The fraction of sp³-hybridized carbons (Fsp3) is 0.625. The molecular formula is C16H27NO3. The first-order chi connectivity index (χ1) is 9.39. The highest BCUT2D eigenvalue weighted by Gasteiger charge is 2.18. The lowest BCUT2D eigenvalue weighted by Crippen LogP contribution is -2.35. The summed E-state index contributed by atoms with van der Waals surface area (Å²) in [6.45, 7) is 7.28. The largest absolute Gasteiger partial charge is 0.497 e. The average molecular weight is 281 g/mol. The minimum absolute atomic E-state index is 0.0749. The standard InChI is InChI=1S/C16H27NO3/c1-16(2,3)9-13(11-18)17-10-12-8-14(19-4)6-7-15(12)20-5/h6-8,13,17-18H,9-11H2,1-5H3. The van der Waals surface area contributed by atoms with Gasteiger partial charge >= 0.3 is 0 Å². The lowest BCUT2D eigenvalue weighted by atomic mass is 9.88. The van der Waals surface area contributed by atoms with Gasteiger partial charge in [0.05, 0.1) is 20.8 Å². The second-order valence-corrected chi connectivity index (χ2v) is 6.20. The molecule has 0 aliphatic heterocycles. The SMILES string of the molecule is COc1ccc(OC)c(CNC(CO)CC(C)(C)C)c1. The van der Waals surface area contributed by atoms with Crippen molar-refractivity contribution in [2.24, 2.45) is 5.41 Å². The van der Waals surface area contributed by atoms with Gasteiger partial charge < -0.3 is 19.9 Å². The molecule has 0 aliphatic carbocycles. The number of hydrogen-bond donors (Lipinski definition) is 2. The van der Waals surface area contributed by atoms with E-state index < -0.39 is 0 Å². The maximum atomic E-state index is 9.48. The smallest absolute Gasteiger partial charge is 0.123 e. The zero-order valence-corrected chi connectivity index (χ0v) is 13.2. The Balaban J connectivity index is 2.71. The van der Waals surface area contributed by atoms with Gasteiger partial charge in [-0.2, -0.15) is 0 Å². The maximum absolute atomic E-state index is 9.48. The Bertz CT molecular complexity index is 413. The Kier molecular flexibility index (Phi) is 6.30. The molecule has 1 rings (SSSR count). The van der Waals surface area contributed by atoms with Crippen LogP contribution in [-0.4, -0.2) is 32.0 Å². The third kappa shape index (κ3) is 5.39. The Morgan fingerprint density at radius 3 is 2.40 bits per heavy atom. The van der Waals surface area contributed by atoms with Crippen LogP contribution in [0.1, 0.15) is 32.8 Å². The average Bonchev–Trinajstić information content (AvgIpc) is 2.41. The summed E-state index contributed by atoms with van der Waals surface area (Å²) in [6, 6.07) is 5.80. The predicted octanol–water partition coefficient (Wildman–Crippen LogP) is 2.59. The number of ether oxygens (including phenoxy) is 2. The first-order valence-corrected chi connectivity index (χ1v) is 6.94. The molecule has 20 heavy (non-hydrogen) atoms. The van der Waals surface area contributed by atoms with Gasteiger partial charge in [-0.3, -0.25) is 0 Å². The molecule has 1 atom stereocenters. The molecule has 0 spiro atoms. The first kappa shape index (κ1) is 16.8. The minimum atomic E-state index is 0.0749. The number of nitrogens with one attached hydrogen (secondary N) is 1. The number of aliphatic hydroxyl groups is 1. The molecule has 0 bridgehead atoms. The van der Waals surface area contributed by atoms with Crippen molar-refractivity contribution in [1.29, 1.82) is 0 Å². The van der Waals surface area contributed by atoms with Crippen LogP contribution in [0.2, 0.25) is 0 Å². The van der Waals surface area contributed by atoms with Crippen LogP contribution in [0.15, 0.2) is 18.2 Å². The van der Waals surface area contributed by atoms with Crippen LogP contribution in [0.25, 0.3) is 0 Å². The third-order valence-electron chi connectivity index (χ3n) is 3.15. The quantitative estimate of drug-likeness (QED) is 0.806. The van der Waals surface area contributed by atoms with Crippen molar-refractivity contribution in [3.05, 3.63) is 23.8 Å². The van der Waals surface area contributed by atoms with Crippen LogP contribution in [0.3, 0.4) is 0 Å². The Labute approximate surface area is 122 Å². The van der Waals surface area contributed by atoms with E-state index in [0.717, 1.165) is 23.5 Å². The predicted molar refractivity (Wildman–Crippen MR) is 81.3 cm³/mol. The Morgan fingerprint density at radius 2 is 1.90 bits per heavy atom. The number of benzene rings is 1. The van der Waals surface area contributed by atoms with Crippen molar-refractivity contribution < 1.29 is 14.6 Å². The monoisotopic (exact) mass is 281 g/mol. The van der Waals surface area contributed by atoms with E-state index in [-0.39, 0.29) is 18.1 Å². The van der Waals surface area contributed by atoms with Gasteiger partial charge in [-0.25, -0.2) is 0 Å². The van der Waals surface area contributed by atoms with Gasteiger partial charge in [0.25, 0.3) is 0 Å². The van der Waals surface area contributed by atoms with E-state index in [0.29, 0.717) is 6.54 Å². The van der Waals surface area contributed by atoms with Crippen LogP contribution in [0.4, 0.5) is 0 Å². The molecule has 0 fully saturated rings. The highest BCUT2D eigenvalue weighted by atomic mass is 16.5. The maximum Gasteiger partial charge on any atom is 0.123 e. The zero-order chi connectivity index (χ0) is 15.2. The summed E-state index contributed by atoms with van der Waals surface area (Å²) >= 11 is 0. The normalized spacial score (nSPS) is 13.1. The molecule has 0 heterocycles. The Hall–Kier alpha value is -1.26. The molecule has 1 aromatic carbocycles. The molecule has 0 radical (unpaired) electrons. The van der Waals surface area contributed by atoms with E-state index in [1.165, 1.54) is 0 Å². The summed E-state index contributed by atoms with van der Waals surface area (Å²) in [5.41, 5.74) is 1.21. The topological polar surface area (TPSA) is 50.7 Å². The fourth-order valence-electron chi connectivity index (χ4n) is 2.21. The van der Waals surface area contributed by atoms with E-state index in [2.05, 4.69) is 26.1 Å². The zero-order valence-electron chi connectivity index (χ0n) is 13.2. The fourth-order valence-corrected chi connectivity index (χ4v) is 2.21. The van der Waals surface area contributed by atoms with E-state index >= 15 is 0 Å². The number of methoxy groups -OCH3 is 2. The van der Waals surface area contributed by atoms with Gasteiger partial charge in [-0.15, -0.1) is 0 Å². The Morgan fingerprint density at radius 1 is 1.20 bits per heavy atom. The highest BCUT2D eigenvalue weighted by Crippen LogP contribution is 2.25. The van der Waals surface area contributed by atoms with Crippen molar-refractivity contribution in [3.8, 4) is 11.5 Å². The van der Waals surface area contributed by atoms with Gasteiger partial charge in [0.2, 0.25) is 0 Å². The molecule has 0 amide bonds. The first-order valence-electron chi connectivity index (χ1n) is 6.94. The van der Waals surface area contributed by atoms with E-state index in [1.807, 2.05) is 18.2 Å². The van der Waals surface area contributed by atoms with Gasteiger partial charge in [-0.05, 0) is 30.0 Å². The molecule has 0 saturated carbocycles. The van der Waals surface area contributed by atoms with Crippen LogP contribution < -0.4 is 14.8 Å². The summed E-state index contributed by atoms with van der Waals surface area (Å²) in [5, 5.41) is 12.9. The summed E-state index contributed by atoms with van der Waals surface area (Å²) in [4.78, 5) is 0. The van der Waals surface area contributed by atoms with Crippen LogP contribution in [0, 0.1) is 5.41 Å². The molecule has 1 aromatic rings. The second-order valence-electron chi connectivity index (χ2n) is 6.20. The minimum Gasteiger partial charge on any atom is -0.497 e. The molecular weight excluding hydrogens is 254 g/mol. The molecule has 4 nitrogen and oxygen atoms in total. The van der Waals surface area contributed by atoms with Crippen LogP contribution >= 0.6 is 0 Å². The number of rotatable bonds is 7. The van der Waals surface area contributed by atoms with Crippen molar-refractivity contribution in [3.63, 3.8) is 0 Å². The molecule has 4 heteroatoms. The molecule has 1 unspecified atom stereocenters. The molecule has 2 N–H and O–H groups in total. The van der Waals surface area contributed by atoms with Gasteiger partial charge in [-0.1, -0.05) is 20.8 Å². The second kappa shape index (κ2) is 7.50. The van der Waals surface area contributed by atoms with E-state index in [1.54, 1.807) is 14.2 Å². The molecule has 114 valence electrons. The summed E-state index contributed by atoms with van der Waals surface area (Å²) in [6.07, 6.45) is 0.912. The van der Waals surface area contributed by atoms with Gasteiger partial charge in [0, 0.05) is 18.2 Å². The van der Waals surface area contributed by atoms with Crippen LogP contribution in [0.5, 0.6) is 11.5 Å². The third-order valence-corrected chi connectivity index (χ3v) is 3.15. The number of hydrogen-bond acceptors (Lipinski definition) is 4. The number of aliphatic hydroxyl groups excluding tert-OH is 1. The molecule has 0 saturated heterocycles. The summed E-state index contributed by atoms with van der Waals surface area (Å²) in [5.74, 6) is 1.63.